The summed E-state index contributed by atoms with van der Waals surface area (Å²) in [6.45, 7) is 9.15. The second-order valence-electron chi connectivity index (χ2n) is 9.42. The Bertz CT molecular complexity index is 818. The molecule has 3 rings (SSSR count). The maximum atomic E-state index is 13.1. The van der Waals surface area contributed by atoms with Gasteiger partial charge in [-0.25, -0.2) is 4.79 Å². The largest absolute Gasteiger partial charge is 0.478 e. The fraction of sp³-hybridized carbons (Fsp3) is 0.500. The number of anilines is 1. The van der Waals surface area contributed by atoms with Crippen LogP contribution in [-0.2, 0) is 9.59 Å². The van der Waals surface area contributed by atoms with Gasteiger partial charge in [0.2, 0.25) is 0 Å². The topological polar surface area (TPSA) is 57.6 Å². The molecule has 0 aliphatic heterocycles. The summed E-state index contributed by atoms with van der Waals surface area (Å²) in [6, 6.07) is 9.61. The van der Waals surface area contributed by atoms with E-state index in [1.807, 2.05) is 35.2 Å². The number of hydrogen-bond donors (Lipinski definition) is 1. The van der Waals surface area contributed by atoms with Crippen LogP contribution in [-0.4, -0.2) is 23.0 Å². The fourth-order valence-corrected chi connectivity index (χ4v) is 4.91. The Labute approximate surface area is 167 Å². The molecule has 1 aromatic rings. The van der Waals surface area contributed by atoms with Crippen molar-refractivity contribution in [2.75, 3.05) is 4.90 Å². The summed E-state index contributed by atoms with van der Waals surface area (Å²) in [7, 11) is 0. The third-order valence-electron chi connectivity index (χ3n) is 6.45. The number of allylic oxidation sites excluding steroid dienone is 1. The van der Waals surface area contributed by atoms with Gasteiger partial charge in [-0.1, -0.05) is 57.0 Å². The van der Waals surface area contributed by atoms with Crippen molar-refractivity contribution in [2.24, 2.45) is 10.8 Å². The molecule has 0 unspecified atom stereocenters. The van der Waals surface area contributed by atoms with Gasteiger partial charge < -0.3 is 10.0 Å². The lowest BCUT2D eigenvalue weighted by molar-refractivity contribution is -0.131. The third kappa shape index (κ3) is 4.06. The van der Waals surface area contributed by atoms with E-state index in [4.69, 9.17) is 5.11 Å². The summed E-state index contributed by atoms with van der Waals surface area (Å²) in [5.74, 6) is -1.38. The lowest BCUT2D eigenvalue weighted by Gasteiger charge is -2.50. The first-order chi connectivity index (χ1) is 13.1. The molecule has 0 aromatic heterocycles. The molecule has 0 heterocycles. The van der Waals surface area contributed by atoms with Gasteiger partial charge in [-0.05, 0) is 55.1 Å². The number of hydrogen-bond acceptors (Lipinski definition) is 2. The molecule has 0 fully saturated rings. The lowest BCUT2D eigenvalue weighted by atomic mass is 9.60. The van der Waals surface area contributed by atoms with E-state index in [9.17, 15) is 9.59 Å². The Hall–Kier alpha value is -2.36. The molecule has 1 amide bonds. The van der Waals surface area contributed by atoms with Crippen LogP contribution in [0.2, 0.25) is 0 Å². The number of carboxylic acid groups (broad SMARTS) is 1. The highest BCUT2D eigenvalue weighted by atomic mass is 16.4. The van der Waals surface area contributed by atoms with Gasteiger partial charge in [0.25, 0.3) is 5.91 Å². The number of aliphatic carboxylic acids is 1. The summed E-state index contributed by atoms with van der Waals surface area (Å²) >= 11 is 0. The maximum absolute atomic E-state index is 13.1. The first-order valence-electron chi connectivity index (χ1n) is 10.1. The van der Waals surface area contributed by atoms with E-state index < -0.39 is 5.97 Å². The minimum Gasteiger partial charge on any atom is -0.478 e. The van der Waals surface area contributed by atoms with Gasteiger partial charge in [-0.2, -0.15) is 0 Å². The zero-order valence-electron chi connectivity index (χ0n) is 17.4. The van der Waals surface area contributed by atoms with Crippen LogP contribution in [0.5, 0.6) is 0 Å². The normalized spacial score (nSPS) is 23.4. The molecule has 0 bridgehead atoms. The Morgan fingerprint density at radius 3 is 2.43 bits per heavy atom. The first kappa shape index (κ1) is 20.4. The number of carbonyl (C=O) groups excluding carboxylic acids is 1. The predicted molar refractivity (Wildman–Crippen MR) is 112 cm³/mol. The minimum absolute atomic E-state index is 0.00602. The van der Waals surface area contributed by atoms with Gasteiger partial charge in [0.05, 0.1) is 0 Å². The lowest BCUT2D eigenvalue weighted by Crippen LogP contribution is -2.51. The molecule has 4 heteroatoms. The molecule has 0 saturated heterocycles. The Morgan fingerprint density at radius 1 is 1.11 bits per heavy atom. The van der Waals surface area contributed by atoms with Crippen LogP contribution in [0.3, 0.4) is 0 Å². The molecular weight excluding hydrogens is 350 g/mol. The molecule has 0 spiro atoms. The van der Waals surface area contributed by atoms with Crippen molar-refractivity contribution >= 4 is 17.6 Å². The molecule has 4 nitrogen and oxygen atoms in total. The average Bonchev–Trinajstić information content (AvgIpc) is 2.62. The van der Waals surface area contributed by atoms with Gasteiger partial charge in [0.15, 0.2) is 0 Å². The molecule has 1 atom stereocenters. The molecule has 2 aliphatic carbocycles. The molecule has 28 heavy (non-hydrogen) atoms. The molecule has 0 radical (unpaired) electrons. The van der Waals surface area contributed by atoms with Crippen LogP contribution in [0.1, 0.15) is 59.8 Å². The van der Waals surface area contributed by atoms with Crippen LogP contribution in [0.25, 0.3) is 0 Å². The highest BCUT2D eigenvalue weighted by molar-refractivity contribution is 6.04. The van der Waals surface area contributed by atoms with Gasteiger partial charge in [0.1, 0.15) is 0 Å². The van der Waals surface area contributed by atoms with E-state index in [1.54, 1.807) is 5.57 Å². The molecule has 1 aromatic carbocycles. The number of carboxylic acids is 1. The zero-order chi connectivity index (χ0) is 20.5. The second kappa shape index (κ2) is 7.57. The Morgan fingerprint density at radius 2 is 1.79 bits per heavy atom. The molecule has 1 N–H and O–H groups in total. The molecule has 0 saturated carbocycles. The van der Waals surface area contributed by atoms with Crippen LogP contribution < -0.4 is 4.90 Å². The smallest absolute Gasteiger partial charge is 0.328 e. The Kier molecular flexibility index (Phi) is 5.51. The minimum atomic E-state index is -1.11. The second-order valence-corrected chi connectivity index (χ2v) is 9.42. The number of benzene rings is 1. The highest BCUT2D eigenvalue weighted by Gasteiger charge is 2.45. The van der Waals surface area contributed by atoms with Crippen LogP contribution >= 0.6 is 0 Å². The van der Waals surface area contributed by atoms with Crippen molar-refractivity contribution in [3.05, 3.63) is 53.6 Å². The SMILES string of the molecule is CC1(C)CCCC2=C1CC(C)(C)[C@H](N(C(=O)/C=C/C(=O)O)c1ccccc1)C2. The summed E-state index contributed by atoms with van der Waals surface area (Å²) in [4.78, 5) is 25.9. The van der Waals surface area contributed by atoms with Crippen molar-refractivity contribution in [2.45, 2.75) is 65.8 Å². The standard InChI is InChI=1S/C24H31NO3/c1-23(2)14-8-9-17-15-20(24(3,4)16-19(17)23)25(18-10-6-5-7-11-18)21(26)12-13-22(27)28/h5-7,10-13,20H,8-9,14-16H2,1-4H3,(H,27,28)/b13-12+/t20-/m1/s1. The van der Waals surface area contributed by atoms with E-state index in [0.717, 1.165) is 31.0 Å². The first-order valence-corrected chi connectivity index (χ1v) is 10.1. The molecule has 150 valence electrons. The van der Waals surface area contributed by atoms with Gasteiger partial charge in [0, 0.05) is 23.9 Å². The maximum Gasteiger partial charge on any atom is 0.328 e. The summed E-state index contributed by atoms with van der Waals surface area (Å²) in [6.07, 6.45) is 7.45. The monoisotopic (exact) mass is 381 g/mol. The van der Waals surface area contributed by atoms with E-state index in [-0.39, 0.29) is 22.8 Å². The zero-order valence-corrected chi connectivity index (χ0v) is 17.4. The van der Waals surface area contributed by atoms with Crippen LogP contribution in [0.15, 0.2) is 53.6 Å². The number of carbonyl (C=O) groups is 2. The molecule has 2 aliphatic rings. The van der Waals surface area contributed by atoms with Gasteiger partial charge in [-0.15, -0.1) is 0 Å². The summed E-state index contributed by atoms with van der Waals surface area (Å²) in [5.41, 5.74) is 4.01. The summed E-state index contributed by atoms with van der Waals surface area (Å²) in [5, 5.41) is 8.97. The quantitative estimate of drug-likeness (QED) is 0.564. The number of para-hydroxylation sites is 1. The number of nitrogens with zero attached hydrogens (tertiary/aromatic N) is 1. The van der Waals surface area contributed by atoms with Crippen molar-refractivity contribution in [1.29, 1.82) is 0 Å². The van der Waals surface area contributed by atoms with Crippen LogP contribution in [0, 0.1) is 10.8 Å². The number of amides is 1. The van der Waals surface area contributed by atoms with E-state index in [0.29, 0.717) is 0 Å². The van der Waals surface area contributed by atoms with E-state index >= 15 is 0 Å². The average molecular weight is 382 g/mol. The van der Waals surface area contributed by atoms with Gasteiger partial charge >= 0.3 is 5.97 Å². The van der Waals surface area contributed by atoms with Crippen LogP contribution in [0.4, 0.5) is 5.69 Å². The van der Waals surface area contributed by atoms with Gasteiger partial charge in [-0.3, -0.25) is 4.79 Å². The van der Waals surface area contributed by atoms with Crippen molar-refractivity contribution in [1.82, 2.24) is 0 Å². The Balaban J connectivity index is 2.03. The van der Waals surface area contributed by atoms with Crippen molar-refractivity contribution < 1.29 is 14.7 Å². The summed E-state index contributed by atoms with van der Waals surface area (Å²) < 4.78 is 0. The number of rotatable bonds is 4. The van der Waals surface area contributed by atoms with E-state index in [1.165, 1.54) is 24.5 Å². The highest BCUT2D eigenvalue weighted by Crippen LogP contribution is 2.53. The van der Waals surface area contributed by atoms with Crippen molar-refractivity contribution in [3.8, 4) is 0 Å². The van der Waals surface area contributed by atoms with E-state index in [2.05, 4.69) is 27.7 Å². The third-order valence-corrected chi connectivity index (χ3v) is 6.45. The predicted octanol–water partition coefficient (Wildman–Crippen LogP) is 5.36. The fourth-order valence-electron chi connectivity index (χ4n) is 4.91. The van der Waals surface area contributed by atoms with Crippen molar-refractivity contribution in [3.63, 3.8) is 0 Å². The molecular formula is C24H31NO3.